The Morgan fingerprint density at radius 2 is 2.19 bits per heavy atom. The number of rotatable bonds is 7. The van der Waals surface area contributed by atoms with Crippen LogP contribution in [0.1, 0.15) is 16.5 Å². The Hall–Kier alpha value is -1.96. The van der Waals surface area contributed by atoms with Crippen LogP contribution in [-0.2, 0) is 16.0 Å². The van der Waals surface area contributed by atoms with Crippen molar-refractivity contribution in [3.05, 3.63) is 52.0 Å². The zero-order valence-corrected chi connectivity index (χ0v) is 15.6. The Labute approximate surface area is 156 Å². The number of methoxy groups -OCH3 is 1. The van der Waals surface area contributed by atoms with Gasteiger partial charge in [-0.25, -0.2) is 4.39 Å². The third-order valence-electron chi connectivity index (χ3n) is 4.43. The molecule has 0 unspecified atom stereocenters. The van der Waals surface area contributed by atoms with Crippen molar-refractivity contribution < 1.29 is 18.7 Å². The van der Waals surface area contributed by atoms with Crippen molar-refractivity contribution in [2.24, 2.45) is 0 Å². The first-order valence-corrected chi connectivity index (χ1v) is 9.49. The van der Waals surface area contributed by atoms with Gasteiger partial charge in [-0.3, -0.25) is 9.69 Å². The molecule has 26 heavy (non-hydrogen) atoms. The lowest BCUT2D eigenvalue weighted by atomic mass is 10.1. The van der Waals surface area contributed by atoms with Gasteiger partial charge in [0.05, 0.1) is 32.8 Å². The molecular formula is C19H23FN2O3S. The smallest absolute Gasteiger partial charge is 0.224 e. The second-order valence-corrected chi connectivity index (χ2v) is 7.11. The summed E-state index contributed by atoms with van der Waals surface area (Å²) in [6.07, 6.45) is 0.140. The second-order valence-electron chi connectivity index (χ2n) is 6.13. The van der Waals surface area contributed by atoms with E-state index in [-0.39, 0.29) is 24.1 Å². The van der Waals surface area contributed by atoms with Crippen molar-refractivity contribution in [2.45, 2.75) is 12.5 Å². The minimum Gasteiger partial charge on any atom is -0.494 e. The molecule has 3 rings (SSSR count). The lowest BCUT2D eigenvalue weighted by Crippen LogP contribution is -2.43. The molecule has 1 aromatic carbocycles. The molecule has 0 spiro atoms. The Morgan fingerprint density at radius 1 is 1.38 bits per heavy atom. The van der Waals surface area contributed by atoms with Crippen molar-refractivity contribution in [1.82, 2.24) is 10.2 Å². The van der Waals surface area contributed by atoms with Crippen LogP contribution in [0.5, 0.6) is 5.75 Å². The predicted molar refractivity (Wildman–Crippen MR) is 99.1 cm³/mol. The van der Waals surface area contributed by atoms with Crippen LogP contribution in [0.4, 0.5) is 4.39 Å². The van der Waals surface area contributed by atoms with Crippen LogP contribution in [0.25, 0.3) is 0 Å². The number of morpholine rings is 1. The SMILES string of the molecule is COc1ccc(CC(=O)NC[C@@H](c2cccs2)N2CCOCC2)cc1F. The standard InChI is InChI=1S/C19H23FN2O3S/c1-24-17-5-4-14(11-15(17)20)12-19(23)21-13-16(18-3-2-10-26-18)22-6-8-25-9-7-22/h2-5,10-11,16H,6-9,12-13H2,1H3,(H,21,23)/t16-/m0/s1. The van der Waals surface area contributed by atoms with E-state index < -0.39 is 5.82 Å². The molecule has 2 aromatic rings. The van der Waals surface area contributed by atoms with Crippen LogP contribution >= 0.6 is 11.3 Å². The first-order chi connectivity index (χ1) is 12.7. The maximum atomic E-state index is 13.8. The third-order valence-corrected chi connectivity index (χ3v) is 5.41. The van der Waals surface area contributed by atoms with Gasteiger partial charge in [0.15, 0.2) is 11.6 Å². The number of hydrogen-bond acceptors (Lipinski definition) is 5. The van der Waals surface area contributed by atoms with Gasteiger partial charge in [0.1, 0.15) is 0 Å². The van der Waals surface area contributed by atoms with Crippen molar-refractivity contribution in [1.29, 1.82) is 0 Å². The monoisotopic (exact) mass is 378 g/mol. The van der Waals surface area contributed by atoms with E-state index in [4.69, 9.17) is 9.47 Å². The topological polar surface area (TPSA) is 50.8 Å². The van der Waals surface area contributed by atoms with E-state index in [2.05, 4.69) is 16.3 Å². The molecule has 0 saturated carbocycles. The quantitative estimate of drug-likeness (QED) is 0.805. The number of amides is 1. The van der Waals surface area contributed by atoms with Crippen LogP contribution < -0.4 is 10.1 Å². The Bertz CT molecular complexity index is 718. The number of carbonyl (C=O) groups is 1. The van der Waals surface area contributed by atoms with E-state index in [1.54, 1.807) is 23.5 Å². The Balaban J connectivity index is 1.59. The largest absolute Gasteiger partial charge is 0.494 e. The van der Waals surface area contributed by atoms with Gasteiger partial charge >= 0.3 is 0 Å². The van der Waals surface area contributed by atoms with Crippen molar-refractivity contribution in [3.8, 4) is 5.75 Å². The van der Waals surface area contributed by atoms with Crippen LogP contribution in [0, 0.1) is 5.82 Å². The van der Waals surface area contributed by atoms with E-state index in [0.717, 1.165) is 13.1 Å². The van der Waals surface area contributed by atoms with E-state index in [0.29, 0.717) is 25.3 Å². The third kappa shape index (κ3) is 4.81. The van der Waals surface area contributed by atoms with Crippen LogP contribution in [0.3, 0.4) is 0 Å². The van der Waals surface area contributed by atoms with Gasteiger partial charge in [-0.2, -0.15) is 0 Å². The highest BCUT2D eigenvalue weighted by atomic mass is 32.1. The fourth-order valence-electron chi connectivity index (χ4n) is 3.06. The molecule has 140 valence electrons. The zero-order chi connectivity index (χ0) is 18.4. The summed E-state index contributed by atoms with van der Waals surface area (Å²) >= 11 is 1.69. The normalized spacial score (nSPS) is 16.2. The second kappa shape index (κ2) is 9.12. The summed E-state index contributed by atoms with van der Waals surface area (Å²) < 4.78 is 24.1. The van der Waals surface area contributed by atoms with Gasteiger partial charge in [0, 0.05) is 24.5 Å². The molecule has 1 fully saturated rings. The van der Waals surface area contributed by atoms with E-state index in [1.807, 2.05) is 11.4 Å². The molecule has 0 aliphatic carbocycles. The Kier molecular flexibility index (Phi) is 6.60. The summed E-state index contributed by atoms with van der Waals surface area (Å²) in [6, 6.07) is 8.85. The van der Waals surface area contributed by atoms with Crippen LogP contribution in [0.15, 0.2) is 35.7 Å². The number of hydrogen-bond donors (Lipinski definition) is 1. The Morgan fingerprint density at radius 3 is 2.85 bits per heavy atom. The highest BCUT2D eigenvalue weighted by Gasteiger charge is 2.24. The molecule has 1 amide bonds. The summed E-state index contributed by atoms with van der Waals surface area (Å²) in [5.74, 6) is -0.397. The molecule has 5 nitrogen and oxygen atoms in total. The molecule has 7 heteroatoms. The van der Waals surface area contributed by atoms with E-state index in [1.165, 1.54) is 18.1 Å². The molecule has 1 atom stereocenters. The first kappa shape index (κ1) is 18.8. The number of halogens is 1. The van der Waals surface area contributed by atoms with E-state index >= 15 is 0 Å². The highest BCUT2D eigenvalue weighted by molar-refractivity contribution is 7.10. The molecule has 1 aliphatic rings. The van der Waals surface area contributed by atoms with Crippen molar-refractivity contribution >= 4 is 17.2 Å². The van der Waals surface area contributed by atoms with Gasteiger partial charge in [-0.05, 0) is 29.1 Å². The minimum absolute atomic E-state index is 0.121. The lowest BCUT2D eigenvalue weighted by molar-refractivity contribution is -0.120. The first-order valence-electron chi connectivity index (χ1n) is 8.61. The number of benzene rings is 1. The fraction of sp³-hybridized carbons (Fsp3) is 0.421. The summed E-state index contributed by atoms with van der Waals surface area (Å²) in [4.78, 5) is 15.9. The molecule has 2 heterocycles. The molecule has 1 aliphatic heterocycles. The molecular weight excluding hydrogens is 355 g/mol. The summed E-state index contributed by atoms with van der Waals surface area (Å²) in [6.45, 7) is 3.64. The van der Waals surface area contributed by atoms with Gasteiger partial charge < -0.3 is 14.8 Å². The number of ether oxygens (including phenoxy) is 2. The molecule has 1 aromatic heterocycles. The minimum atomic E-state index is -0.456. The fourth-order valence-corrected chi connectivity index (χ4v) is 3.92. The zero-order valence-electron chi connectivity index (χ0n) is 14.7. The molecule has 0 radical (unpaired) electrons. The van der Waals surface area contributed by atoms with Gasteiger partial charge in [-0.1, -0.05) is 12.1 Å². The van der Waals surface area contributed by atoms with E-state index in [9.17, 15) is 9.18 Å². The van der Waals surface area contributed by atoms with Crippen LogP contribution in [0.2, 0.25) is 0 Å². The van der Waals surface area contributed by atoms with Gasteiger partial charge in [0.25, 0.3) is 0 Å². The van der Waals surface area contributed by atoms with Gasteiger partial charge in [0.2, 0.25) is 5.91 Å². The lowest BCUT2D eigenvalue weighted by Gasteiger charge is -2.34. The maximum Gasteiger partial charge on any atom is 0.224 e. The maximum absolute atomic E-state index is 13.8. The van der Waals surface area contributed by atoms with Gasteiger partial charge in [-0.15, -0.1) is 11.3 Å². The van der Waals surface area contributed by atoms with Crippen LogP contribution in [-0.4, -0.2) is 50.8 Å². The average Bonchev–Trinajstić information content (AvgIpc) is 3.17. The molecule has 0 bridgehead atoms. The van der Waals surface area contributed by atoms with Crippen molar-refractivity contribution in [3.63, 3.8) is 0 Å². The summed E-state index contributed by atoms with van der Waals surface area (Å²) in [7, 11) is 1.42. The number of carbonyl (C=O) groups excluding carboxylic acids is 1. The summed E-state index contributed by atoms with van der Waals surface area (Å²) in [5.41, 5.74) is 0.625. The molecule has 1 N–H and O–H groups in total. The number of nitrogens with one attached hydrogen (secondary N) is 1. The predicted octanol–water partition coefficient (Wildman–Crippen LogP) is 2.63. The average molecular weight is 378 g/mol. The van der Waals surface area contributed by atoms with Crippen molar-refractivity contribution in [2.75, 3.05) is 40.0 Å². The number of nitrogens with zero attached hydrogens (tertiary/aromatic N) is 1. The summed E-state index contributed by atoms with van der Waals surface area (Å²) in [5, 5.41) is 5.04. The highest BCUT2D eigenvalue weighted by Crippen LogP contribution is 2.25. The number of thiophene rings is 1. The molecule has 1 saturated heterocycles.